The fraction of sp³-hybridized carbons (Fsp3) is 0.375. The minimum Gasteiger partial charge on any atom is -0.495 e. The smallest absolute Gasteiger partial charge is 0.140 e. The topological polar surface area (TPSA) is 22.1 Å². The predicted molar refractivity (Wildman–Crippen MR) is 40.3 cm³/mol. The standard InChI is InChI=1S/C8H11NO/c1-6-4-7(2)9-5-8(6)10-3/h4-5H,1-3H3. The van der Waals surface area contributed by atoms with Crippen molar-refractivity contribution in [2.75, 3.05) is 7.11 Å². The van der Waals surface area contributed by atoms with Gasteiger partial charge in [-0.25, -0.2) is 0 Å². The van der Waals surface area contributed by atoms with Gasteiger partial charge in [-0.1, -0.05) is 0 Å². The van der Waals surface area contributed by atoms with Gasteiger partial charge in [0.15, 0.2) is 0 Å². The summed E-state index contributed by atoms with van der Waals surface area (Å²) in [6, 6.07) is 2.00. The molecule has 0 N–H and O–H groups in total. The molecule has 0 bridgehead atoms. The van der Waals surface area contributed by atoms with Gasteiger partial charge in [0.1, 0.15) is 5.75 Å². The van der Waals surface area contributed by atoms with E-state index in [1.54, 1.807) is 13.3 Å². The summed E-state index contributed by atoms with van der Waals surface area (Å²) in [7, 11) is 1.65. The Morgan fingerprint density at radius 3 is 2.60 bits per heavy atom. The van der Waals surface area contributed by atoms with Crippen molar-refractivity contribution >= 4 is 0 Å². The number of pyridine rings is 1. The number of aryl methyl sites for hydroxylation is 2. The molecule has 0 unspecified atom stereocenters. The molecule has 1 heterocycles. The monoisotopic (exact) mass is 137 g/mol. The first kappa shape index (κ1) is 7.06. The predicted octanol–water partition coefficient (Wildman–Crippen LogP) is 1.71. The molecular weight excluding hydrogens is 126 g/mol. The Bertz CT molecular complexity index is 233. The number of ether oxygens (including phenoxy) is 1. The highest BCUT2D eigenvalue weighted by Crippen LogP contribution is 2.14. The summed E-state index contributed by atoms with van der Waals surface area (Å²) >= 11 is 0. The van der Waals surface area contributed by atoms with Crippen molar-refractivity contribution in [3.8, 4) is 5.75 Å². The van der Waals surface area contributed by atoms with Crippen molar-refractivity contribution in [1.29, 1.82) is 0 Å². The van der Waals surface area contributed by atoms with Crippen LogP contribution >= 0.6 is 0 Å². The number of methoxy groups -OCH3 is 1. The summed E-state index contributed by atoms with van der Waals surface area (Å²) in [5.41, 5.74) is 2.16. The van der Waals surface area contributed by atoms with Gasteiger partial charge >= 0.3 is 0 Å². The molecule has 0 saturated heterocycles. The van der Waals surface area contributed by atoms with E-state index in [4.69, 9.17) is 4.74 Å². The van der Waals surface area contributed by atoms with Crippen molar-refractivity contribution in [2.24, 2.45) is 0 Å². The van der Waals surface area contributed by atoms with Crippen molar-refractivity contribution in [3.05, 3.63) is 23.5 Å². The first-order chi connectivity index (χ1) is 4.74. The molecule has 0 aliphatic rings. The summed E-state index contributed by atoms with van der Waals surface area (Å²) in [4.78, 5) is 4.09. The van der Waals surface area contributed by atoms with Crippen molar-refractivity contribution in [1.82, 2.24) is 4.98 Å². The number of rotatable bonds is 1. The molecule has 0 aliphatic heterocycles. The fourth-order valence-corrected chi connectivity index (χ4v) is 0.898. The molecule has 0 aromatic carbocycles. The Hall–Kier alpha value is -1.05. The van der Waals surface area contributed by atoms with Gasteiger partial charge in [0, 0.05) is 5.69 Å². The van der Waals surface area contributed by atoms with E-state index in [-0.39, 0.29) is 0 Å². The minimum atomic E-state index is 0.852. The van der Waals surface area contributed by atoms with Crippen molar-refractivity contribution in [3.63, 3.8) is 0 Å². The highest BCUT2D eigenvalue weighted by atomic mass is 16.5. The summed E-state index contributed by atoms with van der Waals surface area (Å²) in [6.07, 6.45) is 1.74. The molecule has 0 fully saturated rings. The average molecular weight is 137 g/mol. The molecule has 0 aliphatic carbocycles. The molecule has 54 valence electrons. The molecule has 0 radical (unpaired) electrons. The van der Waals surface area contributed by atoms with Gasteiger partial charge in [0.2, 0.25) is 0 Å². The molecule has 2 heteroatoms. The largest absolute Gasteiger partial charge is 0.495 e. The zero-order valence-electron chi connectivity index (χ0n) is 6.51. The molecular formula is C8H11NO. The maximum atomic E-state index is 5.04. The molecule has 0 atom stereocenters. The average Bonchev–Trinajstić information content (AvgIpc) is 1.88. The second kappa shape index (κ2) is 2.69. The number of aromatic nitrogens is 1. The number of hydrogen-bond donors (Lipinski definition) is 0. The SMILES string of the molecule is COc1cnc(C)cc1C. The zero-order chi connectivity index (χ0) is 7.56. The van der Waals surface area contributed by atoms with Crippen LogP contribution in [0.2, 0.25) is 0 Å². The molecule has 0 amide bonds. The van der Waals surface area contributed by atoms with E-state index in [2.05, 4.69) is 4.98 Å². The summed E-state index contributed by atoms with van der Waals surface area (Å²) < 4.78 is 5.04. The summed E-state index contributed by atoms with van der Waals surface area (Å²) in [6.45, 7) is 3.97. The lowest BCUT2D eigenvalue weighted by Gasteiger charge is -2.02. The van der Waals surface area contributed by atoms with E-state index >= 15 is 0 Å². The summed E-state index contributed by atoms with van der Waals surface area (Å²) in [5.74, 6) is 0.852. The molecule has 0 saturated carbocycles. The maximum absolute atomic E-state index is 5.04. The first-order valence-electron chi connectivity index (χ1n) is 3.21. The van der Waals surface area contributed by atoms with Crippen LogP contribution in [-0.2, 0) is 0 Å². The summed E-state index contributed by atoms with van der Waals surface area (Å²) in [5, 5.41) is 0. The second-order valence-corrected chi connectivity index (χ2v) is 2.30. The molecule has 1 rings (SSSR count). The van der Waals surface area contributed by atoms with Crippen LogP contribution < -0.4 is 4.74 Å². The normalized spacial score (nSPS) is 9.50. The molecule has 0 spiro atoms. The van der Waals surface area contributed by atoms with E-state index in [9.17, 15) is 0 Å². The van der Waals surface area contributed by atoms with Crippen LogP contribution in [0.1, 0.15) is 11.3 Å². The van der Waals surface area contributed by atoms with E-state index in [0.29, 0.717) is 0 Å². The molecule has 1 aromatic rings. The van der Waals surface area contributed by atoms with Gasteiger partial charge in [-0.2, -0.15) is 0 Å². The molecule has 1 aromatic heterocycles. The Morgan fingerprint density at radius 1 is 1.40 bits per heavy atom. The zero-order valence-corrected chi connectivity index (χ0v) is 6.51. The molecule has 10 heavy (non-hydrogen) atoms. The Balaban J connectivity index is 3.07. The van der Waals surface area contributed by atoms with Gasteiger partial charge in [-0.15, -0.1) is 0 Å². The van der Waals surface area contributed by atoms with Gasteiger partial charge in [-0.3, -0.25) is 4.98 Å². The lowest BCUT2D eigenvalue weighted by atomic mass is 10.2. The van der Waals surface area contributed by atoms with Crippen LogP contribution in [0.3, 0.4) is 0 Å². The van der Waals surface area contributed by atoms with Crippen LogP contribution in [0.4, 0.5) is 0 Å². The lowest BCUT2D eigenvalue weighted by molar-refractivity contribution is 0.409. The van der Waals surface area contributed by atoms with Crippen molar-refractivity contribution < 1.29 is 4.74 Å². The second-order valence-electron chi connectivity index (χ2n) is 2.30. The quantitative estimate of drug-likeness (QED) is 0.587. The third-order valence-corrected chi connectivity index (χ3v) is 1.42. The maximum Gasteiger partial charge on any atom is 0.140 e. The lowest BCUT2D eigenvalue weighted by Crippen LogP contribution is -1.89. The van der Waals surface area contributed by atoms with E-state index in [0.717, 1.165) is 17.0 Å². The van der Waals surface area contributed by atoms with Gasteiger partial charge < -0.3 is 4.74 Å². The van der Waals surface area contributed by atoms with Gasteiger partial charge in [-0.05, 0) is 25.5 Å². The van der Waals surface area contributed by atoms with Gasteiger partial charge in [0.25, 0.3) is 0 Å². The van der Waals surface area contributed by atoms with Gasteiger partial charge in [0.05, 0.1) is 13.3 Å². The fourth-order valence-electron chi connectivity index (χ4n) is 0.898. The van der Waals surface area contributed by atoms with Crippen molar-refractivity contribution in [2.45, 2.75) is 13.8 Å². The number of nitrogens with zero attached hydrogens (tertiary/aromatic N) is 1. The molecule has 2 nitrogen and oxygen atoms in total. The third-order valence-electron chi connectivity index (χ3n) is 1.42. The highest BCUT2D eigenvalue weighted by Gasteiger charge is 1.96. The van der Waals surface area contributed by atoms with Crippen LogP contribution in [-0.4, -0.2) is 12.1 Å². The van der Waals surface area contributed by atoms with E-state index in [1.165, 1.54) is 0 Å². The Kier molecular flexibility index (Phi) is 1.90. The number of hydrogen-bond acceptors (Lipinski definition) is 2. The third kappa shape index (κ3) is 1.26. The Morgan fingerprint density at radius 2 is 2.10 bits per heavy atom. The van der Waals surface area contributed by atoms with Crippen LogP contribution in [0, 0.1) is 13.8 Å². The van der Waals surface area contributed by atoms with Crippen LogP contribution in [0.25, 0.3) is 0 Å². The first-order valence-corrected chi connectivity index (χ1v) is 3.21. The highest BCUT2D eigenvalue weighted by molar-refractivity contribution is 5.30. The van der Waals surface area contributed by atoms with Crippen LogP contribution in [0.15, 0.2) is 12.3 Å². The Labute approximate surface area is 60.9 Å². The van der Waals surface area contributed by atoms with E-state index in [1.807, 2.05) is 19.9 Å². The van der Waals surface area contributed by atoms with E-state index < -0.39 is 0 Å². The van der Waals surface area contributed by atoms with Crippen LogP contribution in [0.5, 0.6) is 5.75 Å². The minimum absolute atomic E-state index is 0.852.